The number of likely N-dealkylation sites (tertiary alicyclic amines) is 1. The molecule has 114 valence electrons. The van der Waals surface area contributed by atoms with Gasteiger partial charge in [0.05, 0.1) is 10.0 Å². The minimum Gasteiger partial charge on any atom is -0.480 e. The summed E-state index contributed by atoms with van der Waals surface area (Å²) in [5, 5.41) is 10.1. The third-order valence-electron chi connectivity index (χ3n) is 3.93. The smallest absolute Gasteiger partial charge is 0.326 e. The molecular formula is C15H17Cl2NO3. The number of carbonyl (C=O) groups is 2. The first-order valence-electron chi connectivity index (χ1n) is 6.73. The Hall–Kier alpha value is -1.26. The summed E-state index contributed by atoms with van der Waals surface area (Å²) in [6.07, 6.45) is 1.55. The van der Waals surface area contributed by atoms with Crippen LogP contribution in [0.2, 0.25) is 10.0 Å². The standard InChI is InChI=1S/C15H17Cl2NO3/c1-15(2)6-3-7-18(12(15)14(20)21)13(19)9-4-5-10(16)11(17)8-9/h4-5,8,12H,3,6-7H2,1-2H3,(H,20,21). The van der Waals surface area contributed by atoms with Crippen LogP contribution in [0.5, 0.6) is 0 Å². The van der Waals surface area contributed by atoms with Gasteiger partial charge in [0.1, 0.15) is 6.04 Å². The topological polar surface area (TPSA) is 57.6 Å². The van der Waals surface area contributed by atoms with E-state index in [-0.39, 0.29) is 10.9 Å². The summed E-state index contributed by atoms with van der Waals surface area (Å²) in [5.41, 5.74) is -0.107. The number of amides is 1. The lowest BCUT2D eigenvalue weighted by atomic mass is 9.76. The number of aliphatic carboxylic acids is 1. The van der Waals surface area contributed by atoms with E-state index in [2.05, 4.69) is 0 Å². The van der Waals surface area contributed by atoms with Crippen LogP contribution in [0.3, 0.4) is 0 Å². The van der Waals surface area contributed by atoms with Crippen molar-refractivity contribution in [1.82, 2.24) is 4.90 Å². The van der Waals surface area contributed by atoms with Crippen LogP contribution in [0.25, 0.3) is 0 Å². The van der Waals surface area contributed by atoms with E-state index in [1.165, 1.54) is 11.0 Å². The molecule has 4 nitrogen and oxygen atoms in total. The molecule has 1 aromatic rings. The molecule has 1 aliphatic heterocycles. The second-order valence-corrected chi connectivity index (χ2v) is 6.77. The number of hydrogen-bond donors (Lipinski definition) is 1. The number of rotatable bonds is 2. The maximum Gasteiger partial charge on any atom is 0.326 e. The van der Waals surface area contributed by atoms with Gasteiger partial charge in [0.25, 0.3) is 5.91 Å². The second-order valence-electron chi connectivity index (χ2n) is 5.96. The van der Waals surface area contributed by atoms with Gasteiger partial charge in [-0.15, -0.1) is 0 Å². The van der Waals surface area contributed by atoms with E-state index >= 15 is 0 Å². The van der Waals surface area contributed by atoms with Gasteiger partial charge < -0.3 is 10.0 Å². The number of halogens is 2. The summed E-state index contributed by atoms with van der Waals surface area (Å²) < 4.78 is 0. The number of carboxylic acids is 1. The summed E-state index contributed by atoms with van der Waals surface area (Å²) in [7, 11) is 0. The fraction of sp³-hybridized carbons (Fsp3) is 0.467. The maximum atomic E-state index is 12.6. The zero-order chi connectivity index (χ0) is 15.8. The lowest BCUT2D eigenvalue weighted by Gasteiger charge is -2.44. The van der Waals surface area contributed by atoms with Gasteiger partial charge in [0.2, 0.25) is 0 Å². The molecule has 0 spiro atoms. The Balaban J connectivity index is 2.35. The second kappa shape index (κ2) is 5.85. The first kappa shape index (κ1) is 16.1. The normalized spacial score (nSPS) is 21.1. The third kappa shape index (κ3) is 3.16. The van der Waals surface area contributed by atoms with Crippen LogP contribution in [0.1, 0.15) is 37.0 Å². The predicted octanol–water partition coefficient (Wildman–Crippen LogP) is 3.71. The Morgan fingerprint density at radius 3 is 2.52 bits per heavy atom. The SMILES string of the molecule is CC1(C)CCCN(C(=O)c2ccc(Cl)c(Cl)c2)C1C(=O)O. The zero-order valence-electron chi connectivity index (χ0n) is 11.9. The van der Waals surface area contributed by atoms with E-state index in [1.54, 1.807) is 12.1 Å². The molecular weight excluding hydrogens is 313 g/mol. The molecule has 1 unspecified atom stereocenters. The van der Waals surface area contributed by atoms with E-state index in [0.717, 1.165) is 12.8 Å². The van der Waals surface area contributed by atoms with Crippen LogP contribution in [0.15, 0.2) is 18.2 Å². The highest BCUT2D eigenvalue weighted by Gasteiger charge is 2.44. The molecule has 1 atom stereocenters. The van der Waals surface area contributed by atoms with Crippen molar-refractivity contribution in [3.8, 4) is 0 Å². The number of benzene rings is 1. The molecule has 0 saturated carbocycles. The lowest BCUT2D eigenvalue weighted by molar-refractivity contribution is -0.148. The van der Waals surface area contributed by atoms with E-state index in [1.807, 2.05) is 13.8 Å². The highest BCUT2D eigenvalue weighted by molar-refractivity contribution is 6.42. The van der Waals surface area contributed by atoms with Gasteiger partial charge in [0, 0.05) is 12.1 Å². The van der Waals surface area contributed by atoms with Crippen LogP contribution in [0, 0.1) is 5.41 Å². The van der Waals surface area contributed by atoms with Crippen molar-refractivity contribution < 1.29 is 14.7 Å². The van der Waals surface area contributed by atoms with Crippen molar-refractivity contribution >= 4 is 35.1 Å². The van der Waals surface area contributed by atoms with E-state index in [9.17, 15) is 14.7 Å². The maximum absolute atomic E-state index is 12.6. The highest BCUT2D eigenvalue weighted by Crippen LogP contribution is 2.36. The van der Waals surface area contributed by atoms with Crippen LogP contribution < -0.4 is 0 Å². The third-order valence-corrected chi connectivity index (χ3v) is 4.67. The molecule has 1 aromatic carbocycles. The molecule has 0 bridgehead atoms. The fourth-order valence-corrected chi connectivity index (χ4v) is 3.17. The largest absolute Gasteiger partial charge is 0.480 e. The lowest BCUT2D eigenvalue weighted by Crippen LogP contribution is -2.56. The predicted molar refractivity (Wildman–Crippen MR) is 81.9 cm³/mol. The monoisotopic (exact) mass is 329 g/mol. The summed E-state index contributed by atoms with van der Waals surface area (Å²) in [6.45, 7) is 4.18. The molecule has 0 radical (unpaired) electrons. The van der Waals surface area contributed by atoms with Gasteiger partial charge in [-0.1, -0.05) is 37.0 Å². The fourth-order valence-electron chi connectivity index (χ4n) is 2.87. The molecule has 0 aromatic heterocycles. The van der Waals surface area contributed by atoms with Gasteiger partial charge in [-0.2, -0.15) is 0 Å². The van der Waals surface area contributed by atoms with Gasteiger partial charge in [-0.05, 0) is 36.5 Å². The van der Waals surface area contributed by atoms with E-state index in [4.69, 9.17) is 23.2 Å². The van der Waals surface area contributed by atoms with Gasteiger partial charge in [0.15, 0.2) is 0 Å². The van der Waals surface area contributed by atoms with Gasteiger partial charge in [-0.3, -0.25) is 4.79 Å². The van der Waals surface area contributed by atoms with Crippen molar-refractivity contribution in [3.63, 3.8) is 0 Å². The quantitative estimate of drug-likeness (QED) is 0.899. The number of nitrogens with zero attached hydrogens (tertiary/aromatic N) is 1. The Kier molecular flexibility index (Phi) is 4.49. The Morgan fingerprint density at radius 1 is 1.29 bits per heavy atom. The Labute approximate surface area is 133 Å². The van der Waals surface area contributed by atoms with Crippen molar-refractivity contribution in [2.45, 2.75) is 32.7 Å². The Morgan fingerprint density at radius 2 is 1.95 bits per heavy atom. The number of hydrogen-bond acceptors (Lipinski definition) is 2. The molecule has 21 heavy (non-hydrogen) atoms. The summed E-state index contributed by atoms with van der Waals surface area (Å²) in [4.78, 5) is 25.6. The molecule has 1 heterocycles. The van der Waals surface area contributed by atoms with Gasteiger partial charge >= 0.3 is 5.97 Å². The minimum atomic E-state index is -0.979. The van der Waals surface area contributed by atoms with Crippen molar-refractivity contribution in [1.29, 1.82) is 0 Å². The Bertz CT molecular complexity index is 586. The summed E-state index contributed by atoms with van der Waals surface area (Å²) in [5.74, 6) is -1.30. The molecule has 1 aliphatic rings. The average molecular weight is 330 g/mol. The van der Waals surface area contributed by atoms with Crippen molar-refractivity contribution in [2.24, 2.45) is 5.41 Å². The van der Waals surface area contributed by atoms with E-state index in [0.29, 0.717) is 17.1 Å². The van der Waals surface area contributed by atoms with Crippen LogP contribution in [-0.4, -0.2) is 34.5 Å². The molecule has 1 saturated heterocycles. The first-order chi connectivity index (χ1) is 9.74. The van der Waals surface area contributed by atoms with Crippen molar-refractivity contribution in [3.05, 3.63) is 33.8 Å². The molecule has 2 rings (SSSR count). The van der Waals surface area contributed by atoms with E-state index < -0.39 is 17.4 Å². The molecule has 1 amide bonds. The summed E-state index contributed by atoms with van der Waals surface area (Å²) >= 11 is 11.8. The number of piperidine rings is 1. The highest BCUT2D eigenvalue weighted by atomic mass is 35.5. The average Bonchev–Trinajstić information content (AvgIpc) is 2.39. The number of carbonyl (C=O) groups excluding carboxylic acids is 1. The zero-order valence-corrected chi connectivity index (χ0v) is 13.4. The molecule has 0 aliphatic carbocycles. The molecule has 6 heteroatoms. The first-order valence-corrected chi connectivity index (χ1v) is 7.48. The summed E-state index contributed by atoms with van der Waals surface area (Å²) in [6, 6.07) is 3.75. The molecule has 1 N–H and O–H groups in total. The van der Waals surface area contributed by atoms with Crippen LogP contribution in [-0.2, 0) is 4.79 Å². The minimum absolute atomic E-state index is 0.283. The van der Waals surface area contributed by atoms with Crippen LogP contribution >= 0.6 is 23.2 Å². The number of carboxylic acid groups (broad SMARTS) is 1. The van der Waals surface area contributed by atoms with Gasteiger partial charge in [-0.25, -0.2) is 4.79 Å². The molecule has 1 fully saturated rings. The van der Waals surface area contributed by atoms with Crippen LogP contribution in [0.4, 0.5) is 0 Å². The van der Waals surface area contributed by atoms with Crippen molar-refractivity contribution in [2.75, 3.05) is 6.54 Å².